The minimum atomic E-state index is -0.874. The van der Waals surface area contributed by atoms with Gasteiger partial charge in [0.1, 0.15) is 0 Å². The Labute approximate surface area is 140 Å². The highest BCUT2D eigenvalue weighted by atomic mass is 32.1. The highest BCUT2D eigenvalue weighted by molar-refractivity contribution is 7.80. The van der Waals surface area contributed by atoms with Crippen LogP contribution in [0.25, 0.3) is 0 Å². The molecule has 0 aromatic carbocycles. The van der Waals surface area contributed by atoms with Crippen LogP contribution >= 0.6 is 12.2 Å². The Hall–Kier alpha value is -1.36. The van der Waals surface area contributed by atoms with E-state index in [1.54, 1.807) is 0 Å². The van der Waals surface area contributed by atoms with Crippen LogP contribution < -0.4 is 9.79 Å². The molecule has 1 N–H and O–H groups in total. The molecule has 1 aliphatic heterocycles. The standard InChI is InChI=1S/C17H27BN3S/c1-4-7-12-18(13-8-5-2)19-16-11-9-10-15-20(16)17(22)21(18)14-6-3/h6,9-11,15H,3-5,7-8,12-14H2,1-2H3/q-1/p+1. The molecular weight excluding hydrogens is 289 g/mol. The van der Waals surface area contributed by atoms with Gasteiger partial charge in [0.15, 0.2) is 5.82 Å². The van der Waals surface area contributed by atoms with E-state index in [0.29, 0.717) is 0 Å². The third-order valence-electron chi connectivity index (χ3n) is 4.72. The van der Waals surface area contributed by atoms with Crippen molar-refractivity contribution in [3.8, 4) is 0 Å². The largest absolute Gasteiger partial charge is 0.460 e. The van der Waals surface area contributed by atoms with Gasteiger partial charge in [0.05, 0.1) is 6.20 Å². The molecule has 2 rings (SSSR count). The molecule has 22 heavy (non-hydrogen) atoms. The van der Waals surface area contributed by atoms with Crippen LogP contribution in [-0.4, -0.2) is 22.9 Å². The lowest BCUT2D eigenvalue weighted by Crippen LogP contribution is -2.73. The van der Waals surface area contributed by atoms with Crippen LogP contribution in [0.4, 0.5) is 5.82 Å². The molecule has 0 unspecified atom stereocenters. The van der Waals surface area contributed by atoms with Crippen molar-refractivity contribution in [3.05, 3.63) is 37.1 Å². The van der Waals surface area contributed by atoms with Gasteiger partial charge >= 0.3 is 6.42 Å². The Kier molecular flexibility index (Phi) is 6.01. The predicted molar refractivity (Wildman–Crippen MR) is 100 cm³/mol. The van der Waals surface area contributed by atoms with E-state index < -0.39 is 6.42 Å². The third kappa shape index (κ3) is 3.35. The molecule has 5 heteroatoms. The molecule has 0 saturated carbocycles. The molecule has 0 amide bonds. The fraction of sp³-hybridized carbons (Fsp3) is 0.529. The number of thiocarbonyl (C=S) groups is 1. The van der Waals surface area contributed by atoms with Crippen LogP contribution in [0.3, 0.4) is 0 Å². The van der Waals surface area contributed by atoms with Crippen molar-refractivity contribution in [2.45, 2.75) is 52.2 Å². The second-order valence-corrected chi connectivity index (χ2v) is 6.66. The van der Waals surface area contributed by atoms with E-state index in [0.717, 1.165) is 17.5 Å². The average Bonchev–Trinajstić information content (AvgIpc) is 2.54. The van der Waals surface area contributed by atoms with Gasteiger partial charge < -0.3 is 10.0 Å². The summed E-state index contributed by atoms with van der Waals surface area (Å²) >= 11 is 5.81. The molecule has 0 saturated heterocycles. The van der Waals surface area contributed by atoms with Crippen molar-refractivity contribution in [2.24, 2.45) is 0 Å². The SMILES string of the molecule is C=CCN1C(=S)[n+]2ccccc2N[B-]1(CCCC)CCCC. The van der Waals surface area contributed by atoms with Crippen LogP contribution in [-0.2, 0) is 0 Å². The van der Waals surface area contributed by atoms with Gasteiger partial charge in [-0.1, -0.05) is 51.7 Å². The third-order valence-corrected chi connectivity index (χ3v) is 5.15. The van der Waals surface area contributed by atoms with E-state index in [1.807, 2.05) is 18.3 Å². The monoisotopic (exact) mass is 317 g/mol. The molecule has 1 aromatic rings. The normalized spacial score (nSPS) is 16.1. The van der Waals surface area contributed by atoms with E-state index in [9.17, 15) is 0 Å². The van der Waals surface area contributed by atoms with Crippen molar-refractivity contribution in [1.29, 1.82) is 0 Å². The Morgan fingerprint density at radius 3 is 2.55 bits per heavy atom. The quantitative estimate of drug-likeness (QED) is 0.338. The maximum Gasteiger partial charge on any atom is 0.310 e. The molecule has 120 valence electrons. The summed E-state index contributed by atoms with van der Waals surface area (Å²) in [6.45, 7) is 9.26. The first-order chi connectivity index (χ1) is 10.7. The molecule has 0 aliphatic carbocycles. The Balaban J connectivity index is 2.42. The molecule has 1 aliphatic rings. The summed E-state index contributed by atoms with van der Waals surface area (Å²) in [6.07, 6.45) is 10.3. The Morgan fingerprint density at radius 2 is 1.95 bits per heavy atom. The molecule has 2 heterocycles. The molecule has 3 nitrogen and oxygen atoms in total. The van der Waals surface area contributed by atoms with Gasteiger partial charge in [-0.15, -0.1) is 19.2 Å². The lowest BCUT2D eigenvalue weighted by Gasteiger charge is -2.49. The molecule has 0 fully saturated rings. The first-order valence-corrected chi connectivity index (χ1v) is 8.99. The number of nitrogens with zero attached hydrogens (tertiary/aromatic N) is 2. The zero-order valence-electron chi connectivity index (χ0n) is 13.9. The van der Waals surface area contributed by atoms with E-state index in [1.165, 1.54) is 38.3 Å². The topological polar surface area (TPSA) is 19.1 Å². The molecule has 0 atom stereocenters. The number of pyridine rings is 1. The van der Waals surface area contributed by atoms with Gasteiger partial charge in [-0.05, 0) is 18.3 Å². The summed E-state index contributed by atoms with van der Waals surface area (Å²) in [6, 6.07) is 6.23. The minimum Gasteiger partial charge on any atom is -0.460 e. The molecule has 1 aromatic heterocycles. The van der Waals surface area contributed by atoms with Crippen LogP contribution in [0.5, 0.6) is 0 Å². The summed E-state index contributed by atoms with van der Waals surface area (Å²) in [4.78, 5) is 2.39. The molecule has 0 spiro atoms. The number of nitrogens with one attached hydrogen (secondary N) is 1. The maximum atomic E-state index is 5.81. The first-order valence-electron chi connectivity index (χ1n) is 8.58. The summed E-state index contributed by atoms with van der Waals surface area (Å²) in [5.41, 5.74) is 0. The molecular formula is C17H28BN3S. The highest BCUT2D eigenvalue weighted by Crippen LogP contribution is 2.29. The summed E-state index contributed by atoms with van der Waals surface area (Å²) in [7, 11) is 0. The summed E-state index contributed by atoms with van der Waals surface area (Å²) < 4.78 is 2.08. The van der Waals surface area contributed by atoms with Crippen molar-refractivity contribution in [1.82, 2.24) is 4.81 Å². The zero-order chi connectivity index (χ0) is 16.0. The fourth-order valence-corrected chi connectivity index (χ4v) is 3.97. The number of hydrogen-bond donors (Lipinski definition) is 1. The maximum absolute atomic E-state index is 5.81. The van der Waals surface area contributed by atoms with Gasteiger partial charge in [0.2, 0.25) is 0 Å². The Morgan fingerprint density at radius 1 is 1.27 bits per heavy atom. The van der Waals surface area contributed by atoms with E-state index in [2.05, 4.69) is 47.2 Å². The van der Waals surface area contributed by atoms with Crippen molar-refractivity contribution in [3.63, 3.8) is 0 Å². The van der Waals surface area contributed by atoms with Gasteiger partial charge in [-0.25, -0.2) is 4.57 Å². The van der Waals surface area contributed by atoms with Crippen molar-refractivity contribution >= 4 is 29.6 Å². The number of aromatic nitrogens is 1. The van der Waals surface area contributed by atoms with Crippen molar-refractivity contribution in [2.75, 3.05) is 11.8 Å². The zero-order valence-corrected chi connectivity index (χ0v) is 14.7. The lowest BCUT2D eigenvalue weighted by molar-refractivity contribution is -0.545. The van der Waals surface area contributed by atoms with Gasteiger partial charge in [0.25, 0.3) is 5.11 Å². The minimum absolute atomic E-state index is 0.806. The molecule has 0 radical (unpaired) electrons. The summed E-state index contributed by atoms with van der Waals surface area (Å²) in [5.74, 6) is 1.13. The second-order valence-electron chi connectivity index (χ2n) is 6.30. The molecule has 0 bridgehead atoms. The highest BCUT2D eigenvalue weighted by Gasteiger charge is 2.44. The van der Waals surface area contributed by atoms with Crippen LogP contribution in [0.15, 0.2) is 37.1 Å². The lowest BCUT2D eigenvalue weighted by atomic mass is 9.38. The number of hydrogen-bond acceptors (Lipinski definition) is 2. The van der Waals surface area contributed by atoms with Crippen molar-refractivity contribution < 1.29 is 4.57 Å². The van der Waals surface area contributed by atoms with Crippen LogP contribution in [0.1, 0.15) is 39.5 Å². The Bertz CT molecular complexity index is 524. The number of unbranched alkanes of at least 4 members (excludes halogenated alkanes) is 2. The van der Waals surface area contributed by atoms with Gasteiger partial charge in [-0.3, -0.25) is 0 Å². The van der Waals surface area contributed by atoms with Gasteiger partial charge in [-0.2, -0.15) is 0 Å². The first kappa shape index (κ1) is 17.0. The van der Waals surface area contributed by atoms with Crippen LogP contribution in [0.2, 0.25) is 12.6 Å². The fourth-order valence-electron chi connectivity index (χ4n) is 3.53. The van der Waals surface area contributed by atoms with E-state index in [4.69, 9.17) is 12.2 Å². The smallest absolute Gasteiger partial charge is 0.310 e. The average molecular weight is 317 g/mol. The predicted octanol–water partition coefficient (Wildman–Crippen LogP) is 4.06. The summed E-state index contributed by atoms with van der Waals surface area (Å²) in [5, 5.41) is 4.77. The van der Waals surface area contributed by atoms with Crippen LogP contribution in [0, 0.1) is 0 Å². The number of rotatable bonds is 8. The van der Waals surface area contributed by atoms with E-state index >= 15 is 0 Å². The number of fused-ring (bicyclic) bond motifs is 1. The second kappa shape index (κ2) is 7.77. The van der Waals surface area contributed by atoms with E-state index in [-0.39, 0.29) is 0 Å². The van der Waals surface area contributed by atoms with Gasteiger partial charge in [0, 0.05) is 12.6 Å². The number of anilines is 1.